The smallest absolute Gasteiger partial charge is 0.264 e. The first-order valence-electron chi connectivity index (χ1n) is 7.85. The van der Waals surface area contributed by atoms with Gasteiger partial charge in [-0.25, -0.2) is 8.42 Å². The summed E-state index contributed by atoms with van der Waals surface area (Å²) >= 11 is 5.95. The van der Waals surface area contributed by atoms with Crippen molar-refractivity contribution in [3.05, 3.63) is 76.8 Å². The zero-order chi connectivity index (χ0) is 18.6. The van der Waals surface area contributed by atoms with E-state index in [2.05, 4.69) is 20.2 Å². The van der Waals surface area contributed by atoms with Gasteiger partial charge in [0.1, 0.15) is 10.7 Å². The third-order valence-corrected chi connectivity index (χ3v) is 5.61. The van der Waals surface area contributed by atoms with Gasteiger partial charge >= 0.3 is 0 Å². The number of hydrogen-bond donors (Lipinski definition) is 2. The number of hydrogen-bond acceptors (Lipinski definition) is 5. The molecule has 0 saturated heterocycles. The first-order chi connectivity index (χ1) is 12.5. The van der Waals surface area contributed by atoms with Gasteiger partial charge in [0.15, 0.2) is 5.82 Å². The van der Waals surface area contributed by atoms with Crippen LogP contribution in [0.25, 0.3) is 0 Å². The Labute approximate surface area is 157 Å². The van der Waals surface area contributed by atoms with Crippen molar-refractivity contribution in [1.29, 1.82) is 0 Å². The number of benzene rings is 2. The van der Waals surface area contributed by atoms with Crippen molar-refractivity contribution in [3.63, 3.8) is 0 Å². The Balaban J connectivity index is 1.68. The standard InChI is InChI=1S/C18H17ClN4O2S/c1-13-6-2-3-7-14(13)12-20-17-10-11-18(22-21-17)23-26(24,25)16-9-5-4-8-15(16)19/h2-11H,12H2,1H3,(H,20,21)(H,22,23). The van der Waals surface area contributed by atoms with Gasteiger partial charge in [0, 0.05) is 6.54 Å². The van der Waals surface area contributed by atoms with Gasteiger partial charge < -0.3 is 5.32 Å². The van der Waals surface area contributed by atoms with E-state index < -0.39 is 10.0 Å². The molecule has 1 aromatic heterocycles. The SMILES string of the molecule is Cc1ccccc1CNc1ccc(NS(=O)(=O)c2ccccc2Cl)nn1. The summed E-state index contributed by atoms with van der Waals surface area (Å²) < 4.78 is 27.1. The van der Waals surface area contributed by atoms with Crippen LogP contribution in [0, 0.1) is 6.92 Å². The Morgan fingerprint density at radius 2 is 1.58 bits per heavy atom. The molecular weight excluding hydrogens is 372 g/mol. The minimum atomic E-state index is -3.82. The Kier molecular flexibility index (Phi) is 5.39. The van der Waals surface area contributed by atoms with Gasteiger partial charge in [-0.05, 0) is 42.3 Å². The maximum atomic E-state index is 12.4. The highest BCUT2D eigenvalue weighted by molar-refractivity contribution is 7.92. The molecule has 0 saturated carbocycles. The molecule has 0 radical (unpaired) electrons. The molecule has 0 fully saturated rings. The molecule has 26 heavy (non-hydrogen) atoms. The predicted molar refractivity (Wildman–Crippen MR) is 103 cm³/mol. The van der Waals surface area contributed by atoms with Crippen molar-refractivity contribution < 1.29 is 8.42 Å². The number of rotatable bonds is 6. The highest BCUT2D eigenvalue weighted by Crippen LogP contribution is 2.22. The number of anilines is 2. The number of aromatic nitrogens is 2. The number of nitrogens with zero attached hydrogens (tertiary/aromatic N) is 2. The fourth-order valence-electron chi connectivity index (χ4n) is 2.33. The summed E-state index contributed by atoms with van der Waals surface area (Å²) in [6.07, 6.45) is 0. The molecule has 0 spiro atoms. The number of sulfonamides is 1. The van der Waals surface area contributed by atoms with Crippen molar-refractivity contribution in [1.82, 2.24) is 10.2 Å². The molecule has 0 aliphatic heterocycles. The Bertz CT molecular complexity index is 1010. The maximum absolute atomic E-state index is 12.4. The highest BCUT2D eigenvalue weighted by Gasteiger charge is 2.18. The van der Waals surface area contributed by atoms with Crippen molar-refractivity contribution in [2.24, 2.45) is 0 Å². The first-order valence-corrected chi connectivity index (χ1v) is 9.71. The van der Waals surface area contributed by atoms with E-state index in [1.54, 1.807) is 24.3 Å². The average Bonchev–Trinajstić information content (AvgIpc) is 2.62. The largest absolute Gasteiger partial charge is 0.364 e. The van der Waals surface area contributed by atoms with Crippen molar-refractivity contribution in [3.8, 4) is 0 Å². The molecule has 2 N–H and O–H groups in total. The van der Waals surface area contributed by atoms with Gasteiger partial charge in [-0.1, -0.05) is 48.0 Å². The van der Waals surface area contributed by atoms with Crippen LogP contribution in [0.1, 0.15) is 11.1 Å². The maximum Gasteiger partial charge on any atom is 0.264 e. The molecule has 134 valence electrons. The molecule has 0 aliphatic rings. The second-order valence-corrected chi connectivity index (χ2v) is 7.68. The van der Waals surface area contributed by atoms with E-state index in [1.807, 2.05) is 31.2 Å². The molecule has 1 heterocycles. The molecular formula is C18H17ClN4O2S. The van der Waals surface area contributed by atoms with Crippen LogP contribution in [-0.4, -0.2) is 18.6 Å². The van der Waals surface area contributed by atoms with Gasteiger partial charge in [-0.2, -0.15) is 0 Å². The van der Waals surface area contributed by atoms with Crippen LogP contribution in [0.5, 0.6) is 0 Å². The van der Waals surface area contributed by atoms with Gasteiger partial charge in [0.2, 0.25) is 0 Å². The number of aryl methyl sites for hydroxylation is 1. The van der Waals surface area contributed by atoms with E-state index in [1.165, 1.54) is 17.7 Å². The fraction of sp³-hybridized carbons (Fsp3) is 0.111. The highest BCUT2D eigenvalue weighted by atomic mass is 35.5. The Hall–Kier alpha value is -2.64. The third kappa shape index (κ3) is 4.30. The fourth-order valence-corrected chi connectivity index (χ4v) is 3.85. The summed E-state index contributed by atoms with van der Waals surface area (Å²) in [7, 11) is -3.82. The van der Waals surface area contributed by atoms with Crippen LogP contribution in [0.3, 0.4) is 0 Å². The van der Waals surface area contributed by atoms with Crippen LogP contribution in [0.2, 0.25) is 5.02 Å². The zero-order valence-corrected chi connectivity index (χ0v) is 15.6. The van der Waals surface area contributed by atoms with E-state index in [9.17, 15) is 8.42 Å². The summed E-state index contributed by atoms with van der Waals surface area (Å²) in [5.41, 5.74) is 2.33. The van der Waals surface area contributed by atoms with E-state index in [0.29, 0.717) is 12.4 Å². The molecule has 2 aromatic carbocycles. The van der Waals surface area contributed by atoms with Gasteiger partial charge in [0.25, 0.3) is 10.0 Å². The van der Waals surface area contributed by atoms with E-state index >= 15 is 0 Å². The summed E-state index contributed by atoms with van der Waals surface area (Å²) in [6.45, 7) is 2.64. The van der Waals surface area contributed by atoms with E-state index in [-0.39, 0.29) is 15.7 Å². The van der Waals surface area contributed by atoms with Gasteiger partial charge in [0.05, 0.1) is 5.02 Å². The van der Waals surface area contributed by atoms with Crippen LogP contribution in [-0.2, 0) is 16.6 Å². The van der Waals surface area contributed by atoms with Crippen molar-refractivity contribution in [2.45, 2.75) is 18.4 Å². The Morgan fingerprint density at radius 1 is 0.923 bits per heavy atom. The first kappa shape index (κ1) is 18.2. The molecule has 0 aliphatic carbocycles. The Morgan fingerprint density at radius 3 is 2.27 bits per heavy atom. The summed E-state index contributed by atoms with van der Waals surface area (Å²) in [6, 6.07) is 17.4. The zero-order valence-electron chi connectivity index (χ0n) is 14.0. The molecule has 3 aromatic rings. The van der Waals surface area contributed by atoms with Crippen LogP contribution in [0.4, 0.5) is 11.6 Å². The number of nitrogens with one attached hydrogen (secondary N) is 2. The predicted octanol–water partition coefficient (Wildman–Crippen LogP) is 3.85. The van der Waals surface area contributed by atoms with Crippen LogP contribution in [0.15, 0.2) is 65.6 Å². The lowest BCUT2D eigenvalue weighted by Crippen LogP contribution is -2.15. The molecule has 0 amide bonds. The lowest BCUT2D eigenvalue weighted by molar-refractivity contribution is 0.601. The minimum Gasteiger partial charge on any atom is -0.364 e. The van der Waals surface area contributed by atoms with Crippen molar-refractivity contribution in [2.75, 3.05) is 10.0 Å². The van der Waals surface area contributed by atoms with Crippen LogP contribution >= 0.6 is 11.6 Å². The lowest BCUT2D eigenvalue weighted by Gasteiger charge is -2.10. The molecule has 3 rings (SSSR count). The third-order valence-electron chi connectivity index (χ3n) is 3.75. The lowest BCUT2D eigenvalue weighted by atomic mass is 10.1. The second kappa shape index (κ2) is 7.72. The monoisotopic (exact) mass is 388 g/mol. The van der Waals surface area contributed by atoms with Crippen molar-refractivity contribution >= 4 is 33.3 Å². The number of halogens is 1. The molecule has 0 atom stereocenters. The summed E-state index contributed by atoms with van der Waals surface area (Å²) in [5.74, 6) is 0.667. The average molecular weight is 389 g/mol. The topological polar surface area (TPSA) is 84.0 Å². The second-order valence-electron chi connectivity index (χ2n) is 5.62. The van der Waals surface area contributed by atoms with Crippen LogP contribution < -0.4 is 10.0 Å². The quantitative estimate of drug-likeness (QED) is 0.670. The summed E-state index contributed by atoms with van der Waals surface area (Å²) in [4.78, 5) is -0.00905. The molecule has 0 unspecified atom stereocenters. The molecule has 0 bridgehead atoms. The van der Waals surface area contributed by atoms with E-state index in [4.69, 9.17) is 11.6 Å². The molecule has 6 nitrogen and oxygen atoms in total. The molecule has 8 heteroatoms. The minimum absolute atomic E-state index is 0.00905. The normalized spacial score (nSPS) is 11.2. The summed E-state index contributed by atoms with van der Waals surface area (Å²) in [5, 5.41) is 11.2. The van der Waals surface area contributed by atoms with Gasteiger partial charge in [-0.3, -0.25) is 4.72 Å². The van der Waals surface area contributed by atoms with E-state index in [0.717, 1.165) is 5.56 Å². The van der Waals surface area contributed by atoms with Gasteiger partial charge in [-0.15, -0.1) is 10.2 Å².